The number of carboxylic acids is 1. The maximum atomic E-state index is 11.9. The molecule has 0 spiro atoms. The fourth-order valence-corrected chi connectivity index (χ4v) is 1.99. The number of ketones is 1. The number of aliphatic carboxylic acids is 1. The van der Waals surface area contributed by atoms with Crippen molar-refractivity contribution in [3.05, 3.63) is 34.3 Å². The van der Waals surface area contributed by atoms with Gasteiger partial charge in [-0.05, 0) is 18.1 Å². The Kier molecular flexibility index (Phi) is 6.18. The molecule has 1 aromatic rings. The number of hydrogen-bond donors (Lipinski definition) is 2. The predicted molar refractivity (Wildman–Crippen MR) is 77.4 cm³/mol. The van der Waals surface area contributed by atoms with Crippen LogP contribution in [-0.2, 0) is 4.79 Å². The first kappa shape index (κ1) is 15.9. The van der Waals surface area contributed by atoms with Gasteiger partial charge in [0.15, 0.2) is 5.78 Å². The Bertz CT molecular complexity index is 443. The summed E-state index contributed by atoms with van der Waals surface area (Å²) in [4.78, 5) is 22.8. The molecule has 0 amide bonds. The lowest BCUT2D eigenvalue weighted by Gasteiger charge is -2.17. The SMILES string of the molecule is CC(C)C(NCCC(=O)c1ccc(Br)cc1)C(=O)O. The quantitative estimate of drug-likeness (QED) is 0.756. The molecule has 1 atom stereocenters. The van der Waals surface area contributed by atoms with Crippen LogP contribution in [0.4, 0.5) is 0 Å². The summed E-state index contributed by atoms with van der Waals surface area (Å²) in [5.41, 5.74) is 0.640. The van der Waals surface area contributed by atoms with Gasteiger partial charge in [0.05, 0.1) is 0 Å². The van der Waals surface area contributed by atoms with Crippen molar-refractivity contribution in [1.82, 2.24) is 5.32 Å². The lowest BCUT2D eigenvalue weighted by atomic mass is 10.0. The zero-order valence-corrected chi connectivity index (χ0v) is 12.6. The number of hydrogen-bond acceptors (Lipinski definition) is 3. The summed E-state index contributed by atoms with van der Waals surface area (Å²) in [6, 6.07) is 6.52. The zero-order chi connectivity index (χ0) is 14.4. The molecule has 0 radical (unpaired) electrons. The van der Waals surface area contributed by atoms with E-state index in [0.29, 0.717) is 12.1 Å². The average molecular weight is 328 g/mol. The molecular weight excluding hydrogens is 310 g/mol. The normalized spacial score (nSPS) is 12.4. The van der Waals surface area contributed by atoms with Crippen LogP contribution in [0.1, 0.15) is 30.6 Å². The second-order valence-corrected chi connectivity index (χ2v) is 5.61. The summed E-state index contributed by atoms with van der Waals surface area (Å²) in [7, 11) is 0. The largest absolute Gasteiger partial charge is 0.480 e. The van der Waals surface area contributed by atoms with Gasteiger partial charge in [-0.2, -0.15) is 0 Å². The number of benzene rings is 1. The van der Waals surface area contributed by atoms with Crippen molar-refractivity contribution in [2.75, 3.05) is 6.54 Å². The Morgan fingerprint density at radius 1 is 1.26 bits per heavy atom. The highest BCUT2D eigenvalue weighted by Crippen LogP contribution is 2.12. The van der Waals surface area contributed by atoms with Crippen molar-refractivity contribution in [3.63, 3.8) is 0 Å². The molecule has 1 aromatic carbocycles. The van der Waals surface area contributed by atoms with Crippen LogP contribution in [0.5, 0.6) is 0 Å². The van der Waals surface area contributed by atoms with Crippen LogP contribution in [0.2, 0.25) is 0 Å². The molecule has 2 N–H and O–H groups in total. The number of nitrogens with one attached hydrogen (secondary N) is 1. The second-order valence-electron chi connectivity index (χ2n) is 4.69. The standard InChI is InChI=1S/C14H18BrNO3/c1-9(2)13(14(18)19)16-8-7-12(17)10-3-5-11(15)6-4-10/h3-6,9,13,16H,7-8H2,1-2H3,(H,18,19). The zero-order valence-electron chi connectivity index (χ0n) is 11.0. The Hall–Kier alpha value is -1.20. The Morgan fingerprint density at radius 3 is 2.32 bits per heavy atom. The van der Waals surface area contributed by atoms with Gasteiger partial charge >= 0.3 is 5.97 Å². The van der Waals surface area contributed by atoms with Gasteiger partial charge in [-0.15, -0.1) is 0 Å². The summed E-state index contributed by atoms with van der Waals surface area (Å²) in [5.74, 6) is -0.890. The Morgan fingerprint density at radius 2 is 1.84 bits per heavy atom. The van der Waals surface area contributed by atoms with Crippen LogP contribution in [0, 0.1) is 5.92 Å². The van der Waals surface area contributed by atoms with Crippen molar-refractivity contribution in [3.8, 4) is 0 Å². The van der Waals surface area contributed by atoms with E-state index in [1.807, 2.05) is 26.0 Å². The molecule has 0 aliphatic heterocycles. The summed E-state index contributed by atoms with van der Waals surface area (Å²) in [6.07, 6.45) is 0.290. The minimum absolute atomic E-state index is 0.00731. The Balaban J connectivity index is 2.46. The number of Topliss-reactive ketones (excluding diaryl/α,β-unsaturated/α-hetero) is 1. The molecule has 0 heterocycles. The number of carbonyl (C=O) groups excluding carboxylic acids is 1. The third-order valence-electron chi connectivity index (χ3n) is 2.82. The third kappa shape index (κ3) is 5.12. The third-order valence-corrected chi connectivity index (χ3v) is 3.34. The summed E-state index contributed by atoms with van der Waals surface area (Å²) >= 11 is 3.31. The van der Waals surface area contributed by atoms with Crippen LogP contribution in [0.15, 0.2) is 28.7 Å². The van der Waals surface area contributed by atoms with E-state index >= 15 is 0 Å². The van der Waals surface area contributed by atoms with Gasteiger partial charge in [-0.3, -0.25) is 9.59 Å². The first-order valence-electron chi connectivity index (χ1n) is 6.16. The summed E-state index contributed by atoms with van der Waals surface area (Å²) in [6.45, 7) is 4.04. The van der Waals surface area contributed by atoms with Gasteiger partial charge in [0.1, 0.15) is 6.04 Å². The first-order chi connectivity index (χ1) is 8.91. The van der Waals surface area contributed by atoms with E-state index < -0.39 is 12.0 Å². The monoisotopic (exact) mass is 327 g/mol. The van der Waals surface area contributed by atoms with Crippen LogP contribution in [-0.4, -0.2) is 29.4 Å². The molecule has 0 fully saturated rings. The molecule has 0 aromatic heterocycles. The van der Waals surface area contributed by atoms with Gasteiger partial charge in [0.2, 0.25) is 0 Å². The van der Waals surface area contributed by atoms with Crippen molar-refractivity contribution < 1.29 is 14.7 Å². The van der Waals surface area contributed by atoms with Crippen molar-refractivity contribution in [2.24, 2.45) is 5.92 Å². The first-order valence-corrected chi connectivity index (χ1v) is 6.96. The topological polar surface area (TPSA) is 66.4 Å². The second kappa shape index (κ2) is 7.40. The molecule has 104 valence electrons. The van der Waals surface area contributed by atoms with Gasteiger partial charge in [0, 0.05) is 23.0 Å². The number of carboxylic acid groups (broad SMARTS) is 1. The number of halogens is 1. The van der Waals surface area contributed by atoms with E-state index in [4.69, 9.17) is 5.11 Å². The fourth-order valence-electron chi connectivity index (χ4n) is 1.73. The molecule has 1 rings (SSSR count). The molecule has 0 aliphatic rings. The summed E-state index contributed by atoms with van der Waals surface area (Å²) < 4.78 is 0.924. The van der Waals surface area contributed by atoms with Crippen molar-refractivity contribution >= 4 is 27.7 Å². The van der Waals surface area contributed by atoms with E-state index in [0.717, 1.165) is 4.47 Å². The van der Waals surface area contributed by atoms with Crippen molar-refractivity contribution in [2.45, 2.75) is 26.3 Å². The van der Waals surface area contributed by atoms with Crippen LogP contribution in [0.3, 0.4) is 0 Å². The molecular formula is C14H18BrNO3. The molecule has 0 aliphatic carbocycles. The van der Waals surface area contributed by atoms with Gasteiger partial charge in [-0.25, -0.2) is 0 Å². The average Bonchev–Trinajstić information content (AvgIpc) is 2.34. The number of carbonyl (C=O) groups is 2. The minimum atomic E-state index is -0.883. The molecule has 4 nitrogen and oxygen atoms in total. The summed E-state index contributed by atoms with van der Waals surface area (Å²) in [5, 5.41) is 11.9. The Labute approximate surface area is 121 Å². The predicted octanol–water partition coefficient (Wildman–Crippen LogP) is 2.72. The van der Waals surface area contributed by atoms with Crippen molar-refractivity contribution in [1.29, 1.82) is 0 Å². The highest BCUT2D eigenvalue weighted by Gasteiger charge is 2.20. The van der Waals surface area contributed by atoms with Gasteiger partial charge in [-0.1, -0.05) is 41.9 Å². The van der Waals surface area contributed by atoms with E-state index in [9.17, 15) is 9.59 Å². The van der Waals surface area contributed by atoms with Gasteiger partial charge in [0.25, 0.3) is 0 Å². The molecule has 1 unspecified atom stereocenters. The highest BCUT2D eigenvalue weighted by atomic mass is 79.9. The molecule has 0 saturated carbocycles. The highest BCUT2D eigenvalue weighted by molar-refractivity contribution is 9.10. The smallest absolute Gasteiger partial charge is 0.320 e. The molecule has 5 heteroatoms. The minimum Gasteiger partial charge on any atom is -0.480 e. The van der Waals surface area contributed by atoms with Crippen LogP contribution in [0.25, 0.3) is 0 Å². The van der Waals surface area contributed by atoms with Crippen LogP contribution >= 0.6 is 15.9 Å². The molecule has 0 bridgehead atoms. The maximum Gasteiger partial charge on any atom is 0.320 e. The van der Waals surface area contributed by atoms with Crippen LogP contribution < -0.4 is 5.32 Å². The number of rotatable bonds is 7. The maximum absolute atomic E-state index is 11.9. The van der Waals surface area contributed by atoms with E-state index in [1.54, 1.807) is 12.1 Å². The van der Waals surface area contributed by atoms with Gasteiger partial charge < -0.3 is 10.4 Å². The fraction of sp³-hybridized carbons (Fsp3) is 0.429. The molecule has 0 saturated heterocycles. The van der Waals surface area contributed by atoms with E-state index in [1.165, 1.54) is 0 Å². The molecule has 19 heavy (non-hydrogen) atoms. The lowest BCUT2D eigenvalue weighted by Crippen LogP contribution is -2.41. The lowest BCUT2D eigenvalue weighted by molar-refractivity contribution is -0.140. The van der Waals surface area contributed by atoms with E-state index in [2.05, 4.69) is 21.2 Å². The van der Waals surface area contributed by atoms with E-state index in [-0.39, 0.29) is 18.1 Å².